The lowest BCUT2D eigenvalue weighted by Gasteiger charge is -2.35. The lowest BCUT2D eigenvalue weighted by molar-refractivity contribution is 0.0972. The van der Waals surface area contributed by atoms with Crippen LogP contribution in [0.2, 0.25) is 0 Å². The van der Waals surface area contributed by atoms with E-state index < -0.39 is 5.41 Å². The zero-order valence-electron chi connectivity index (χ0n) is 19.3. The number of ketones is 1. The van der Waals surface area contributed by atoms with Gasteiger partial charge in [0.1, 0.15) is 5.75 Å². The van der Waals surface area contributed by atoms with Gasteiger partial charge in [0.15, 0.2) is 5.78 Å². The molecule has 0 aromatic heterocycles. The van der Waals surface area contributed by atoms with Crippen LogP contribution in [-0.2, 0) is 11.8 Å². The first-order valence-electron chi connectivity index (χ1n) is 12.3. The van der Waals surface area contributed by atoms with E-state index in [4.69, 9.17) is 0 Å². The van der Waals surface area contributed by atoms with Crippen molar-refractivity contribution in [2.45, 2.75) is 24.7 Å². The van der Waals surface area contributed by atoms with Gasteiger partial charge in [-0.3, -0.25) is 4.79 Å². The molecular weight excluding hydrogens is 428 g/mol. The molecule has 1 N–H and O–H groups in total. The highest BCUT2D eigenvalue weighted by atomic mass is 16.3. The largest absolute Gasteiger partial charge is 0.507 e. The van der Waals surface area contributed by atoms with Crippen molar-refractivity contribution in [2.24, 2.45) is 0 Å². The van der Waals surface area contributed by atoms with Crippen LogP contribution in [0.25, 0.3) is 21.9 Å². The third-order valence-corrected chi connectivity index (χ3v) is 7.93. The number of phenolic OH excluding ortho intramolecular Hbond substituents is 1. The molecule has 7 rings (SSSR count). The van der Waals surface area contributed by atoms with Crippen LogP contribution >= 0.6 is 0 Å². The number of carbonyl (C=O) groups excluding carboxylic acids is 1. The van der Waals surface area contributed by atoms with Gasteiger partial charge in [-0.25, -0.2) is 0 Å². The van der Waals surface area contributed by atoms with Gasteiger partial charge in [-0.05, 0) is 69.3 Å². The molecule has 0 aliphatic heterocycles. The minimum atomic E-state index is -0.512. The van der Waals surface area contributed by atoms with Gasteiger partial charge in [-0.2, -0.15) is 0 Å². The summed E-state index contributed by atoms with van der Waals surface area (Å²) < 4.78 is 0. The van der Waals surface area contributed by atoms with Gasteiger partial charge < -0.3 is 5.11 Å². The molecule has 2 aliphatic carbocycles. The summed E-state index contributed by atoms with van der Waals surface area (Å²) in [5, 5.41) is 12.3. The first-order valence-corrected chi connectivity index (χ1v) is 12.3. The molecule has 0 spiro atoms. The minimum Gasteiger partial charge on any atom is -0.507 e. The number of fused-ring (bicyclic) bond motifs is 5. The van der Waals surface area contributed by atoms with Gasteiger partial charge in [-0.15, -0.1) is 0 Å². The highest BCUT2D eigenvalue weighted by molar-refractivity contribution is 5.99. The molecule has 0 bridgehead atoms. The van der Waals surface area contributed by atoms with Gasteiger partial charge in [0.25, 0.3) is 0 Å². The average molecular weight is 453 g/mol. The van der Waals surface area contributed by atoms with E-state index in [2.05, 4.69) is 78.9 Å². The van der Waals surface area contributed by atoms with Crippen LogP contribution in [0.15, 0.2) is 103 Å². The number of aryl methyl sites for hydroxylation is 1. The quantitative estimate of drug-likeness (QED) is 0.297. The molecule has 2 nitrogen and oxygen atoms in total. The van der Waals surface area contributed by atoms with Crippen molar-refractivity contribution in [1.29, 1.82) is 0 Å². The van der Waals surface area contributed by atoms with Gasteiger partial charge >= 0.3 is 0 Å². The molecule has 5 aromatic carbocycles. The van der Waals surface area contributed by atoms with Crippen LogP contribution in [0, 0.1) is 0 Å². The van der Waals surface area contributed by atoms with Crippen molar-refractivity contribution in [3.8, 4) is 16.9 Å². The standard InChI is InChI=1S/C33H24O2/c34-31-13-5-7-21-19-23(15-17-25(21)31)33(24-16-18-26-22(20-24)8-6-14-32(26)35)29-11-3-1-9-27(29)28-10-2-4-12-30(28)33/h1-5,7,9-13,15-20,34H,6,8,14H2. The van der Waals surface area contributed by atoms with Crippen molar-refractivity contribution in [2.75, 3.05) is 0 Å². The van der Waals surface area contributed by atoms with Crippen LogP contribution in [0.1, 0.15) is 51.0 Å². The summed E-state index contributed by atoms with van der Waals surface area (Å²) in [7, 11) is 0. The summed E-state index contributed by atoms with van der Waals surface area (Å²) in [5.41, 5.74) is 8.85. The van der Waals surface area contributed by atoms with E-state index in [1.807, 2.05) is 18.2 Å². The highest BCUT2D eigenvalue weighted by Gasteiger charge is 2.46. The maximum Gasteiger partial charge on any atom is 0.163 e. The van der Waals surface area contributed by atoms with Crippen molar-refractivity contribution >= 4 is 16.6 Å². The Morgan fingerprint density at radius 3 is 2.09 bits per heavy atom. The fourth-order valence-electron chi connectivity index (χ4n) is 6.40. The third kappa shape index (κ3) is 2.74. The van der Waals surface area contributed by atoms with Crippen LogP contribution in [-0.4, -0.2) is 10.9 Å². The van der Waals surface area contributed by atoms with E-state index in [9.17, 15) is 9.90 Å². The Morgan fingerprint density at radius 2 is 1.31 bits per heavy atom. The fraction of sp³-hybridized carbons (Fsp3) is 0.121. The molecule has 0 saturated heterocycles. The zero-order chi connectivity index (χ0) is 23.6. The van der Waals surface area contributed by atoms with E-state index >= 15 is 0 Å². The molecule has 0 heterocycles. The number of benzene rings is 5. The van der Waals surface area contributed by atoms with E-state index in [-0.39, 0.29) is 5.78 Å². The van der Waals surface area contributed by atoms with E-state index in [1.165, 1.54) is 27.8 Å². The Balaban J connectivity index is 1.61. The summed E-state index contributed by atoms with van der Waals surface area (Å²) in [6.45, 7) is 0. The number of carbonyl (C=O) groups is 1. The van der Waals surface area contributed by atoms with E-state index in [0.717, 1.165) is 40.3 Å². The second-order valence-electron chi connectivity index (χ2n) is 9.70. The number of aromatic hydroxyl groups is 1. The maximum atomic E-state index is 12.6. The number of Topliss-reactive ketones (excluding diaryl/α,β-unsaturated/α-hetero) is 1. The Labute approximate surface area is 204 Å². The highest BCUT2D eigenvalue weighted by Crippen LogP contribution is 2.56. The normalized spacial score (nSPS) is 15.5. The van der Waals surface area contributed by atoms with Crippen LogP contribution < -0.4 is 0 Å². The molecule has 5 aromatic rings. The maximum absolute atomic E-state index is 12.6. The summed E-state index contributed by atoms with van der Waals surface area (Å²) in [6.07, 6.45) is 2.47. The van der Waals surface area contributed by atoms with Gasteiger partial charge in [0.2, 0.25) is 0 Å². The van der Waals surface area contributed by atoms with Crippen LogP contribution in [0.4, 0.5) is 0 Å². The lowest BCUT2D eigenvalue weighted by atomic mass is 9.66. The predicted octanol–water partition coefficient (Wildman–Crippen LogP) is 7.43. The number of rotatable bonds is 2. The van der Waals surface area contributed by atoms with Crippen molar-refractivity contribution < 1.29 is 9.90 Å². The smallest absolute Gasteiger partial charge is 0.163 e. The molecule has 0 atom stereocenters. The number of hydrogen-bond donors (Lipinski definition) is 1. The number of phenols is 1. The SMILES string of the molecule is O=C1CCCc2cc(C3(c4ccc5c(O)cccc5c4)c4ccccc4-c4ccccc43)ccc21. The Morgan fingerprint density at radius 1 is 0.629 bits per heavy atom. The third-order valence-electron chi connectivity index (χ3n) is 7.93. The first-order chi connectivity index (χ1) is 17.2. The summed E-state index contributed by atoms with van der Waals surface area (Å²) >= 11 is 0. The lowest BCUT2D eigenvalue weighted by Crippen LogP contribution is -2.29. The second kappa shape index (κ2) is 7.41. The molecule has 168 valence electrons. The van der Waals surface area contributed by atoms with Gasteiger partial charge in [0, 0.05) is 17.4 Å². The van der Waals surface area contributed by atoms with Gasteiger partial charge in [0.05, 0.1) is 5.41 Å². The minimum absolute atomic E-state index is 0.250. The molecule has 35 heavy (non-hydrogen) atoms. The molecule has 0 fully saturated rings. The monoisotopic (exact) mass is 452 g/mol. The molecule has 2 heteroatoms. The topological polar surface area (TPSA) is 37.3 Å². The first kappa shape index (κ1) is 20.2. The van der Waals surface area contributed by atoms with Crippen molar-refractivity contribution in [3.05, 3.63) is 137 Å². The Kier molecular flexibility index (Phi) is 4.28. The summed E-state index contributed by atoms with van der Waals surface area (Å²) in [4.78, 5) is 12.6. The predicted molar refractivity (Wildman–Crippen MR) is 140 cm³/mol. The fourth-order valence-corrected chi connectivity index (χ4v) is 6.40. The molecule has 2 aliphatic rings. The van der Waals surface area contributed by atoms with Crippen molar-refractivity contribution in [3.63, 3.8) is 0 Å². The summed E-state index contributed by atoms with van der Waals surface area (Å²) in [5.74, 6) is 0.544. The molecular formula is C33H24O2. The molecule has 0 amide bonds. The zero-order valence-corrected chi connectivity index (χ0v) is 19.3. The molecule has 0 unspecified atom stereocenters. The average Bonchev–Trinajstić information content (AvgIpc) is 3.20. The Bertz CT molecular complexity index is 1610. The number of hydrogen-bond acceptors (Lipinski definition) is 2. The van der Waals surface area contributed by atoms with Crippen LogP contribution in [0.3, 0.4) is 0 Å². The van der Waals surface area contributed by atoms with E-state index in [1.54, 1.807) is 6.07 Å². The summed E-state index contributed by atoms with van der Waals surface area (Å²) in [6, 6.07) is 36.0. The Hall–Kier alpha value is -4.17. The van der Waals surface area contributed by atoms with Crippen LogP contribution in [0.5, 0.6) is 5.75 Å². The molecule has 0 saturated carbocycles. The van der Waals surface area contributed by atoms with Gasteiger partial charge in [-0.1, -0.05) is 91.0 Å². The van der Waals surface area contributed by atoms with Crippen molar-refractivity contribution in [1.82, 2.24) is 0 Å². The van der Waals surface area contributed by atoms with E-state index in [0.29, 0.717) is 12.2 Å². The molecule has 0 radical (unpaired) electrons. The second-order valence-corrected chi connectivity index (χ2v) is 9.70.